The molecule has 0 saturated carbocycles. The molecule has 1 aromatic carbocycles. The van der Waals surface area contributed by atoms with Gasteiger partial charge in [-0.25, -0.2) is 9.59 Å². The van der Waals surface area contributed by atoms with Gasteiger partial charge in [-0.05, 0) is 32.9 Å². The lowest BCUT2D eigenvalue weighted by atomic mass is 9.94. The number of allylic oxidation sites excluding steroid dienone is 1. The summed E-state index contributed by atoms with van der Waals surface area (Å²) in [6.07, 6.45) is -0.270. The smallest absolute Gasteiger partial charge is 0.338 e. The Morgan fingerprint density at radius 3 is 2.50 bits per heavy atom. The second-order valence-corrected chi connectivity index (χ2v) is 5.63. The predicted octanol–water partition coefficient (Wildman–Crippen LogP) is 2.28. The highest BCUT2D eigenvalue weighted by Crippen LogP contribution is 2.35. The van der Waals surface area contributed by atoms with Crippen molar-refractivity contribution in [2.24, 2.45) is 0 Å². The molecule has 0 spiro atoms. The Morgan fingerprint density at radius 2 is 1.92 bits per heavy atom. The summed E-state index contributed by atoms with van der Waals surface area (Å²) in [7, 11) is 3.07. The zero-order valence-corrected chi connectivity index (χ0v) is 14.4. The van der Waals surface area contributed by atoms with E-state index in [1.807, 2.05) is 0 Å². The van der Waals surface area contributed by atoms with E-state index in [2.05, 4.69) is 10.6 Å². The summed E-state index contributed by atoms with van der Waals surface area (Å²) in [5.41, 5.74) is 1.43. The van der Waals surface area contributed by atoms with Crippen molar-refractivity contribution in [3.63, 3.8) is 0 Å². The Morgan fingerprint density at radius 1 is 1.21 bits per heavy atom. The Balaban J connectivity index is 2.51. The van der Waals surface area contributed by atoms with E-state index in [1.165, 1.54) is 7.11 Å². The highest BCUT2D eigenvalue weighted by Gasteiger charge is 2.34. The summed E-state index contributed by atoms with van der Waals surface area (Å²) in [5, 5.41) is 5.36. The van der Waals surface area contributed by atoms with Gasteiger partial charge in [-0.3, -0.25) is 0 Å². The van der Waals surface area contributed by atoms with Crippen LogP contribution < -0.4 is 20.1 Å². The van der Waals surface area contributed by atoms with E-state index in [1.54, 1.807) is 46.1 Å². The molecule has 24 heavy (non-hydrogen) atoms. The van der Waals surface area contributed by atoms with Crippen molar-refractivity contribution in [2.75, 3.05) is 14.2 Å². The molecule has 7 heteroatoms. The van der Waals surface area contributed by atoms with E-state index < -0.39 is 18.0 Å². The summed E-state index contributed by atoms with van der Waals surface area (Å²) < 4.78 is 15.9. The molecule has 0 bridgehead atoms. The molecule has 0 radical (unpaired) electrons. The number of nitrogens with one attached hydrogen (secondary N) is 2. The lowest BCUT2D eigenvalue weighted by Crippen LogP contribution is -2.45. The lowest BCUT2D eigenvalue weighted by Gasteiger charge is -2.29. The van der Waals surface area contributed by atoms with Gasteiger partial charge in [-0.15, -0.1) is 0 Å². The number of carbonyl (C=O) groups is 2. The second-order valence-electron chi connectivity index (χ2n) is 5.63. The molecule has 1 atom stereocenters. The normalized spacial score (nSPS) is 17.2. The highest BCUT2D eigenvalue weighted by molar-refractivity contribution is 5.95. The summed E-state index contributed by atoms with van der Waals surface area (Å²) in [6.45, 7) is 5.20. The van der Waals surface area contributed by atoms with Crippen LogP contribution >= 0.6 is 0 Å². The van der Waals surface area contributed by atoms with E-state index >= 15 is 0 Å². The van der Waals surface area contributed by atoms with Crippen LogP contribution in [0.25, 0.3) is 0 Å². The Labute approximate surface area is 141 Å². The van der Waals surface area contributed by atoms with Gasteiger partial charge in [0.15, 0.2) is 0 Å². The first kappa shape index (κ1) is 17.7. The molecule has 1 aromatic rings. The molecular formula is C17H22N2O5. The van der Waals surface area contributed by atoms with Gasteiger partial charge < -0.3 is 24.8 Å². The van der Waals surface area contributed by atoms with Crippen LogP contribution in [0.2, 0.25) is 0 Å². The Bertz CT molecular complexity index is 682. The number of benzene rings is 1. The minimum absolute atomic E-state index is 0.270. The molecule has 1 aliphatic rings. The van der Waals surface area contributed by atoms with Crippen molar-refractivity contribution in [2.45, 2.75) is 32.9 Å². The number of urea groups is 1. The third kappa shape index (κ3) is 3.61. The van der Waals surface area contributed by atoms with Crippen molar-refractivity contribution in [3.8, 4) is 11.5 Å². The highest BCUT2D eigenvalue weighted by atomic mass is 16.5. The summed E-state index contributed by atoms with van der Waals surface area (Å²) in [6, 6.07) is 4.13. The molecule has 2 rings (SSSR count). The van der Waals surface area contributed by atoms with Crippen LogP contribution in [-0.4, -0.2) is 32.3 Å². The van der Waals surface area contributed by atoms with Crippen LogP contribution in [0, 0.1) is 0 Å². The van der Waals surface area contributed by atoms with Gasteiger partial charge >= 0.3 is 12.0 Å². The SMILES string of the molecule is COc1ccc([C@H]2NC(=O)NC(C)=C2C(=O)OC(C)C)c(OC)c1. The van der Waals surface area contributed by atoms with Crippen LogP contribution in [-0.2, 0) is 9.53 Å². The fourth-order valence-corrected chi connectivity index (χ4v) is 2.53. The maximum atomic E-state index is 12.5. The van der Waals surface area contributed by atoms with Crippen LogP contribution in [0.5, 0.6) is 11.5 Å². The molecular weight excluding hydrogens is 312 g/mol. The molecule has 1 aliphatic heterocycles. The summed E-state index contributed by atoms with van der Waals surface area (Å²) in [4.78, 5) is 24.4. The summed E-state index contributed by atoms with van der Waals surface area (Å²) in [5.74, 6) is 0.630. The third-order valence-corrected chi connectivity index (χ3v) is 3.58. The van der Waals surface area contributed by atoms with Crippen molar-refractivity contribution in [3.05, 3.63) is 35.0 Å². The first-order valence-electron chi connectivity index (χ1n) is 7.58. The molecule has 0 aromatic heterocycles. The second kappa shape index (κ2) is 7.25. The fourth-order valence-electron chi connectivity index (χ4n) is 2.53. The van der Waals surface area contributed by atoms with E-state index in [9.17, 15) is 9.59 Å². The topological polar surface area (TPSA) is 85.9 Å². The van der Waals surface area contributed by atoms with Crippen molar-refractivity contribution < 1.29 is 23.8 Å². The molecule has 2 amide bonds. The number of carbonyl (C=O) groups excluding carboxylic acids is 2. The largest absolute Gasteiger partial charge is 0.497 e. The van der Waals surface area contributed by atoms with Crippen LogP contribution in [0.15, 0.2) is 29.5 Å². The number of amides is 2. The molecule has 130 valence electrons. The van der Waals surface area contributed by atoms with Crippen LogP contribution in [0.1, 0.15) is 32.4 Å². The van der Waals surface area contributed by atoms with Gasteiger partial charge in [-0.1, -0.05) is 0 Å². The molecule has 0 unspecified atom stereocenters. The predicted molar refractivity (Wildman–Crippen MR) is 87.9 cm³/mol. The van der Waals surface area contributed by atoms with Crippen LogP contribution in [0.3, 0.4) is 0 Å². The number of methoxy groups -OCH3 is 2. The average molecular weight is 334 g/mol. The fraction of sp³-hybridized carbons (Fsp3) is 0.412. The number of rotatable bonds is 5. The molecule has 0 saturated heterocycles. The first-order valence-corrected chi connectivity index (χ1v) is 7.58. The standard InChI is InChI=1S/C17H22N2O5/c1-9(2)24-16(20)14-10(3)18-17(21)19-15(14)12-7-6-11(22-4)8-13(12)23-5/h6-9,15H,1-5H3,(H2,18,19,21)/t15-/m1/s1. The average Bonchev–Trinajstić information content (AvgIpc) is 2.52. The van der Waals surface area contributed by atoms with E-state index in [4.69, 9.17) is 14.2 Å². The van der Waals surface area contributed by atoms with Gasteiger partial charge in [-0.2, -0.15) is 0 Å². The quantitative estimate of drug-likeness (QED) is 0.807. The molecule has 0 aliphatic carbocycles. The van der Waals surface area contributed by atoms with Crippen molar-refractivity contribution in [1.29, 1.82) is 0 Å². The summed E-state index contributed by atoms with van der Waals surface area (Å²) >= 11 is 0. The maximum Gasteiger partial charge on any atom is 0.338 e. The van der Waals surface area contributed by atoms with Crippen molar-refractivity contribution in [1.82, 2.24) is 10.6 Å². The number of hydrogen-bond acceptors (Lipinski definition) is 5. The molecule has 2 N–H and O–H groups in total. The number of ether oxygens (including phenoxy) is 3. The third-order valence-electron chi connectivity index (χ3n) is 3.58. The van der Waals surface area contributed by atoms with Gasteiger partial charge in [0.25, 0.3) is 0 Å². The maximum absolute atomic E-state index is 12.5. The van der Waals surface area contributed by atoms with Gasteiger partial charge in [0.05, 0.1) is 31.9 Å². The minimum atomic E-state index is -0.675. The van der Waals surface area contributed by atoms with Gasteiger partial charge in [0.1, 0.15) is 11.5 Å². The molecule has 1 heterocycles. The zero-order chi connectivity index (χ0) is 17.9. The zero-order valence-electron chi connectivity index (χ0n) is 14.4. The Kier molecular flexibility index (Phi) is 5.33. The minimum Gasteiger partial charge on any atom is -0.497 e. The number of esters is 1. The van der Waals surface area contributed by atoms with Crippen LogP contribution in [0.4, 0.5) is 4.79 Å². The van der Waals surface area contributed by atoms with E-state index in [0.717, 1.165) is 0 Å². The van der Waals surface area contributed by atoms with Gasteiger partial charge in [0.2, 0.25) is 0 Å². The molecule has 0 fully saturated rings. The van der Waals surface area contributed by atoms with Crippen molar-refractivity contribution >= 4 is 12.0 Å². The Hall–Kier alpha value is -2.70. The van der Waals surface area contributed by atoms with E-state index in [0.29, 0.717) is 28.3 Å². The monoisotopic (exact) mass is 334 g/mol. The van der Waals surface area contributed by atoms with E-state index in [-0.39, 0.29) is 6.10 Å². The number of hydrogen-bond donors (Lipinski definition) is 2. The molecule has 7 nitrogen and oxygen atoms in total. The van der Waals surface area contributed by atoms with Gasteiger partial charge in [0, 0.05) is 17.3 Å². The lowest BCUT2D eigenvalue weighted by molar-refractivity contribution is -0.143. The first-order chi connectivity index (χ1) is 11.4.